The topological polar surface area (TPSA) is 41.1 Å². The van der Waals surface area contributed by atoms with E-state index in [0.717, 1.165) is 17.7 Å². The zero-order valence-electron chi connectivity index (χ0n) is 12.1. The van der Waals surface area contributed by atoms with Crippen molar-refractivity contribution in [3.05, 3.63) is 29.8 Å². The summed E-state index contributed by atoms with van der Waals surface area (Å²) < 4.78 is 0. The first kappa shape index (κ1) is 14.1. The largest absolute Gasteiger partial charge is 0.325 e. The van der Waals surface area contributed by atoms with Crippen molar-refractivity contribution in [2.75, 3.05) is 11.9 Å². The van der Waals surface area contributed by atoms with Gasteiger partial charge < -0.3 is 10.6 Å². The maximum Gasteiger partial charge on any atom is 0.238 e. The molecule has 104 valence electrons. The first-order valence-electron chi connectivity index (χ1n) is 7.04. The van der Waals surface area contributed by atoms with Crippen molar-refractivity contribution in [3.63, 3.8) is 0 Å². The number of benzene rings is 1. The molecule has 3 nitrogen and oxygen atoms in total. The predicted molar refractivity (Wildman–Crippen MR) is 79.2 cm³/mol. The van der Waals surface area contributed by atoms with Crippen LogP contribution in [0.3, 0.4) is 0 Å². The smallest absolute Gasteiger partial charge is 0.238 e. The fraction of sp³-hybridized carbons (Fsp3) is 0.562. The molecule has 0 saturated heterocycles. The average Bonchev–Trinajstić information content (AvgIpc) is 2.66. The third-order valence-corrected chi connectivity index (χ3v) is 3.82. The van der Waals surface area contributed by atoms with E-state index in [-0.39, 0.29) is 5.91 Å². The number of carbonyl (C=O) groups excluding carboxylic acids is 1. The van der Waals surface area contributed by atoms with Crippen molar-refractivity contribution in [1.82, 2.24) is 5.32 Å². The molecule has 0 radical (unpaired) electrons. The molecule has 1 aliphatic carbocycles. The van der Waals surface area contributed by atoms with Crippen LogP contribution in [0.25, 0.3) is 0 Å². The summed E-state index contributed by atoms with van der Waals surface area (Å²) in [6.07, 6.45) is 3.57. The lowest BCUT2D eigenvalue weighted by molar-refractivity contribution is -0.115. The molecule has 1 amide bonds. The summed E-state index contributed by atoms with van der Waals surface area (Å²) in [5, 5.41) is 6.29. The molecule has 19 heavy (non-hydrogen) atoms. The highest BCUT2D eigenvalue weighted by atomic mass is 16.1. The van der Waals surface area contributed by atoms with Crippen LogP contribution >= 0.6 is 0 Å². The Morgan fingerprint density at radius 1 is 1.42 bits per heavy atom. The molecule has 0 aromatic heterocycles. The molecule has 0 heterocycles. The van der Waals surface area contributed by atoms with Gasteiger partial charge in [-0.05, 0) is 49.3 Å². The summed E-state index contributed by atoms with van der Waals surface area (Å²) in [6.45, 7) is 7.01. The molecule has 3 heteroatoms. The van der Waals surface area contributed by atoms with Crippen LogP contribution in [0.5, 0.6) is 0 Å². The molecule has 2 rings (SSSR count). The van der Waals surface area contributed by atoms with Gasteiger partial charge in [0.15, 0.2) is 0 Å². The summed E-state index contributed by atoms with van der Waals surface area (Å²) in [7, 11) is 0. The Morgan fingerprint density at radius 2 is 2.21 bits per heavy atom. The fourth-order valence-corrected chi connectivity index (χ4v) is 2.78. The predicted octanol–water partition coefficient (Wildman–Crippen LogP) is 3.10. The molecule has 1 saturated carbocycles. The van der Waals surface area contributed by atoms with Gasteiger partial charge in [-0.3, -0.25) is 4.79 Å². The molecule has 0 bridgehead atoms. The van der Waals surface area contributed by atoms with Crippen LogP contribution < -0.4 is 10.6 Å². The lowest BCUT2D eigenvalue weighted by atomic mass is 9.92. The van der Waals surface area contributed by atoms with E-state index in [1.54, 1.807) is 0 Å². The summed E-state index contributed by atoms with van der Waals surface area (Å²) >= 11 is 0. The van der Waals surface area contributed by atoms with Crippen LogP contribution in [-0.4, -0.2) is 18.5 Å². The van der Waals surface area contributed by atoms with Gasteiger partial charge in [-0.2, -0.15) is 0 Å². The molecule has 0 spiro atoms. The molecule has 1 aromatic rings. The van der Waals surface area contributed by atoms with Crippen molar-refractivity contribution in [2.24, 2.45) is 5.41 Å². The van der Waals surface area contributed by atoms with E-state index in [9.17, 15) is 4.79 Å². The maximum atomic E-state index is 11.9. The third kappa shape index (κ3) is 4.35. The van der Waals surface area contributed by atoms with Crippen LogP contribution in [-0.2, 0) is 4.79 Å². The van der Waals surface area contributed by atoms with E-state index >= 15 is 0 Å². The fourth-order valence-electron chi connectivity index (χ4n) is 2.78. The van der Waals surface area contributed by atoms with E-state index in [2.05, 4.69) is 24.5 Å². The zero-order valence-corrected chi connectivity index (χ0v) is 12.1. The number of aryl methyl sites for hydroxylation is 1. The molecular formula is C16H24N2O. The van der Waals surface area contributed by atoms with Gasteiger partial charge in [-0.1, -0.05) is 26.0 Å². The number of amides is 1. The van der Waals surface area contributed by atoms with Gasteiger partial charge in [0.1, 0.15) is 0 Å². The SMILES string of the molecule is Cc1cccc(NC(=O)CNC2CCC(C)(C)C2)c1. The standard InChI is InChI=1S/C16H24N2O/c1-12-5-4-6-13(9-12)18-15(19)11-17-14-7-8-16(2,3)10-14/h4-6,9,14,17H,7-8,10-11H2,1-3H3,(H,18,19). The van der Waals surface area contributed by atoms with Crippen molar-refractivity contribution in [2.45, 2.75) is 46.1 Å². The van der Waals surface area contributed by atoms with E-state index < -0.39 is 0 Å². The molecule has 1 aliphatic rings. The van der Waals surface area contributed by atoms with Gasteiger partial charge in [0, 0.05) is 11.7 Å². The number of rotatable bonds is 4. The number of nitrogens with one attached hydrogen (secondary N) is 2. The molecular weight excluding hydrogens is 236 g/mol. The van der Waals surface area contributed by atoms with Crippen molar-refractivity contribution < 1.29 is 4.79 Å². The lowest BCUT2D eigenvalue weighted by Gasteiger charge is -2.17. The van der Waals surface area contributed by atoms with E-state index in [1.807, 2.05) is 31.2 Å². The molecule has 1 unspecified atom stereocenters. The van der Waals surface area contributed by atoms with Gasteiger partial charge in [-0.25, -0.2) is 0 Å². The van der Waals surface area contributed by atoms with Gasteiger partial charge in [0.05, 0.1) is 6.54 Å². The Morgan fingerprint density at radius 3 is 2.84 bits per heavy atom. The zero-order chi connectivity index (χ0) is 13.9. The molecule has 1 aromatic carbocycles. The Balaban J connectivity index is 1.76. The number of hydrogen-bond acceptors (Lipinski definition) is 2. The maximum absolute atomic E-state index is 11.9. The summed E-state index contributed by atoms with van der Waals surface area (Å²) in [4.78, 5) is 11.9. The van der Waals surface area contributed by atoms with Gasteiger partial charge in [-0.15, -0.1) is 0 Å². The molecule has 1 atom stereocenters. The Bertz CT molecular complexity index is 454. The summed E-state index contributed by atoms with van der Waals surface area (Å²) in [5.74, 6) is 0.0373. The van der Waals surface area contributed by atoms with Crippen LogP contribution in [0, 0.1) is 12.3 Å². The number of carbonyl (C=O) groups is 1. The van der Waals surface area contributed by atoms with Crippen LogP contribution in [0.15, 0.2) is 24.3 Å². The third-order valence-electron chi connectivity index (χ3n) is 3.82. The highest BCUT2D eigenvalue weighted by Gasteiger charge is 2.30. The van der Waals surface area contributed by atoms with Crippen molar-refractivity contribution >= 4 is 11.6 Å². The first-order valence-corrected chi connectivity index (χ1v) is 7.04. The quantitative estimate of drug-likeness (QED) is 0.873. The minimum Gasteiger partial charge on any atom is -0.325 e. The summed E-state index contributed by atoms with van der Waals surface area (Å²) in [5.41, 5.74) is 2.45. The molecule has 0 aliphatic heterocycles. The molecule has 2 N–H and O–H groups in total. The van der Waals surface area contributed by atoms with Gasteiger partial charge >= 0.3 is 0 Å². The monoisotopic (exact) mass is 260 g/mol. The first-order chi connectivity index (χ1) is 8.94. The van der Waals surface area contributed by atoms with E-state index in [4.69, 9.17) is 0 Å². The second-order valence-corrected chi connectivity index (χ2v) is 6.40. The summed E-state index contributed by atoms with van der Waals surface area (Å²) in [6, 6.07) is 8.37. The number of hydrogen-bond donors (Lipinski definition) is 2. The Labute approximate surface area is 115 Å². The highest BCUT2D eigenvalue weighted by Crippen LogP contribution is 2.36. The van der Waals surface area contributed by atoms with E-state index in [1.165, 1.54) is 12.8 Å². The lowest BCUT2D eigenvalue weighted by Crippen LogP contribution is -2.35. The van der Waals surface area contributed by atoms with Gasteiger partial charge in [0.2, 0.25) is 5.91 Å². The second kappa shape index (κ2) is 5.74. The highest BCUT2D eigenvalue weighted by molar-refractivity contribution is 5.92. The Kier molecular flexibility index (Phi) is 4.25. The van der Waals surface area contributed by atoms with Crippen LogP contribution in [0.1, 0.15) is 38.7 Å². The second-order valence-electron chi connectivity index (χ2n) is 6.40. The van der Waals surface area contributed by atoms with E-state index in [0.29, 0.717) is 18.0 Å². The van der Waals surface area contributed by atoms with Crippen molar-refractivity contribution in [1.29, 1.82) is 0 Å². The number of anilines is 1. The van der Waals surface area contributed by atoms with Crippen LogP contribution in [0.2, 0.25) is 0 Å². The normalized spacial score (nSPS) is 21.3. The minimum absolute atomic E-state index is 0.0373. The van der Waals surface area contributed by atoms with Gasteiger partial charge in [0.25, 0.3) is 0 Å². The Hall–Kier alpha value is -1.35. The molecule has 1 fully saturated rings. The minimum atomic E-state index is 0.0373. The average molecular weight is 260 g/mol. The van der Waals surface area contributed by atoms with Crippen molar-refractivity contribution in [3.8, 4) is 0 Å². The van der Waals surface area contributed by atoms with Crippen LogP contribution in [0.4, 0.5) is 5.69 Å².